The van der Waals surface area contributed by atoms with Gasteiger partial charge in [0.2, 0.25) is 0 Å². The molecule has 0 amide bonds. The van der Waals surface area contributed by atoms with Crippen LogP contribution in [0.25, 0.3) is 10.9 Å². The molecule has 0 radical (unpaired) electrons. The third-order valence-electron chi connectivity index (χ3n) is 2.74. The average Bonchev–Trinajstić information content (AvgIpc) is 2.37. The topological polar surface area (TPSA) is 56.9 Å². The highest BCUT2D eigenvalue weighted by molar-refractivity contribution is 5.76. The van der Waals surface area contributed by atoms with Crippen LogP contribution in [0.2, 0.25) is 0 Å². The van der Waals surface area contributed by atoms with Crippen LogP contribution in [0.1, 0.15) is 34.6 Å². The molecule has 0 saturated heterocycles. The van der Waals surface area contributed by atoms with E-state index in [1.807, 2.05) is 34.6 Å². The zero-order valence-electron chi connectivity index (χ0n) is 12.4. The number of aromatic nitrogens is 3. The fourth-order valence-electron chi connectivity index (χ4n) is 1.89. The van der Waals surface area contributed by atoms with Crippen molar-refractivity contribution in [1.82, 2.24) is 14.1 Å². The molecule has 0 aliphatic carbocycles. The maximum absolute atomic E-state index is 12.3. The van der Waals surface area contributed by atoms with Gasteiger partial charge >= 0.3 is 5.69 Å². The summed E-state index contributed by atoms with van der Waals surface area (Å²) in [7, 11) is 1.65. The van der Waals surface area contributed by atoms with E-state index in [9.17, 15) is 9.59 Å². The highest BCUT2D eigenvalue weighted by atomic mass is 16.2. The largest absolute Gasteiger partial charge is 0.331 e. The molecule has 2 rings (SSSR count). The Hall–Kier alpha value is -1.91. The Morgan fingerprint density at radius 3 is 2.26 bits per heavy atom. The van der Waals surface area contributed by atoms with Gasteiger partial charge in [-0.3, -0.25) is 18.9 Å². The van der Waals surface area contributed by atoms with Crippen molar-refractivity contribution in [3.63, 3.8) is 0 Å². The van der Waals surface area contributed by atoms with Gasteiger partial charge in [-0.05, 0) is 26.8 Å². The van der Waals surface area contributed by atoms with Crippen molar-refractivity contribution in [2.24, 2.45) is 7.05 Å². The fourth-order valence-corrected chi connectivity index (χ4v) is 1.89. The minimum Gasteiger partial charge on any atom is -0.295 e. The normalized spacial score (nSPS) is 11.1. The van der Waals surface area contributed by atoms with Gasteiger partial charge in [0.05, 0.1) is 17.1 Å². The van der Waals surface area contributed by atoms with Crippen molar-refractivity contribution in [2.45, 2.75) is 40.2 Å². The van der Waals surface area contributed by atoms with E-state index in [-0.39, 0.29) is 11.2 Å². The summed E-state index contributed by atoms with van der Waals surface area (Å²) in [5.74, 6) is 0. The number of aryl methyl sites for hydroxylation is 1. The van der Waals surface area contributed by atoms with Gasteiger partial charge in [0.1, 0.15) is 0 Å². The average molecular weight is 263 g/mol. The Kier molecular flexibility index (Phi) is 4.29. The zero-order valence-corrected chi connectivity index (χ0v) is 12.4. The van der Waals surface area contributed by atoms with Gasteiger partial charge < -0.3 is 0 Å². The maximum Gasteiger partial charge on any atom is 0.331 e. The van der Waals surface area contributed by atoms with Crippen LogP contribution in [-0.2, 0) is 12.6 Å². The molecule has 0 bridgehead atoms. The summed E-state index contributed by atoms with van der Waals surface area (Å²) in [6.07, 6.45) is 3.09. The van der Waals surface area contributed by atoms with Crippen molar-refractivity contribution >= 4 is 10.9 Å². The van der Waals surface area contributed by atoms with Gasteiger partial charge in [-0.25, -0.2) is 4.79 Å². The summed E-state index contributed by atoms with van der Waals surface area (Å²) >= 11 is 0. The first-order chi connectivity index (χ1) is 8.84. The molecule has 0 fully saturated rings. The summed E-state index contributed by atoms with van der Waals surface area (Å²) in [6, 6.07) is 1.64. The minimum atomic E-state index is -0.538. The van der Waals surface area contributed by atoms with Gasteiger partial charge in [-0.15, -0.1) is 0 Å². The van der Waals surface area contributed by atoms with Crippen LogP contribution >= 0.6 is 0 Å². The Labute approximate surface area is 112 Å². The van der Waals surface area contributed by atoms with Gasteiger partial charge in [0.25, 0.3) is 5.56 Å². The molecule has 104 valence electrons. The Morgan fingerprint density at radius 1 is 1.16 bits per heavy atom. The van der Waals surface area contributed by atoms with Crippen LogP contribution in [0.4, 0.5) is 0 Å². The first-order valence-corrected chi connectivity index (χ1v) is 6.40. The Morgan fingerprint density at radius 2 is 1.74 bits per heavy atom. The smallest absolute Gasteiger partial charge is 0.295 e. The highest BCUT2D eigenvalue weighted by Crippen LogP contribution is 2.10. The molecule has 0 unspecified atom stereocenters. The lowest BCUT2D eigenvalue weighted by Gasteiger charge is -2.22. The minimum absolute atomic E-state index is 0.266. The first kappa shape index (κ1) is 15.1. The second kappa shape index (κ2) is 5.38. The van der Waals surface area contributed by atoms with E-state index in [1.165, 1.54) is 15.3 Å². The predicted octanol–water partition coefficient (Wildman–Crippen LogP) is 1.88. The van der Waals surface area contributed by atoms with Gasteiger partial charge in [-0.1, -0.05) is 13.8 Å². The summed E-state index contributed by atoms with van der Waals surface area (Å²) in [5.41, 5.74) is -0.562. The lowest BCUT2D eigenvalue weighted by molar-refractivity contribution is 0.362. The molecule has 0 aromatic carbocycles. The molecule has 0 spiro atoms. The standard InChI is InChI=1S/C12H15N3O2.C2H6/c1-12(2,3)15-10(16)8-5-6-13-7-9(8)14(4)11(15)17;1-2/h5-7H,1-4H3;1-2H3. The van der Waals surface area contributed by atoms with Crippen molar-refractivity contribution in [3.8, 4) is 0 Å². The van der Waals surface area contributed by atoms with Crippen LogP contribution in [0.15, 0.2) is 28.0 Å². The van der Waals surface area contributed by atoms with Crippen LogP contribution in [0.5, 0.6) is 0 Å². The van der Waals surface area contributed by atoms with Gasteiger partial charge in [0, 0.05) is 18.8 Å². The number of hydrogen-bond donors (Lipinski definition) is 0. The van der Waals surface area contributed by atoms with E-state index in [4.69, 9.17) is 0 Å². The quantitative estimate of drug-likeness (QED) is 0.729. The number of hydrogen-bond acceptors (Lipinski definition) is 3. The van der Waals surface area contributed by atoms with Crippen LogP contribution in [0, 0.1) is 0 Å². The Bertz CT molecular complexity index is 690. The first-order valence-electron chi connectivity index (χ1n) is 6.40. The van der Waals surface area contributed by atoms with E-state index in [2.05, 4.69) is 4.98 Å². The van der Waals surface area contributed by atoms with E-state index < -0.39 is 5.54 Å². The van der Waals surface area contributed by atoms with Crippen molar-refractivity contribution in [1.29, 1.82) is 0 Å². The Balaban J connectivity index is 0.000000861. The van der Waals surface area contributed by atoms with E-state index >= 15 is 0 Å². The molecule has 19 heavy (non-hydrogen) atoms. The van der Waals surface area contributed by atoms with E-state index in [1.54, 1.807) is 19.3 Å². The van der Waals surface area contributed by atoms with Gasteiger partial charge in [-0.2, -0.15) is 0 Å². The monoisotopic (exact) mass is 263 g/mol. The maximum atomic E-state index is 12.3. The molecular weight excluding hydrogens is 242 g/mol. The van der Waals surface area contributed by atoms with Crippen molar-refractivity contribution in [3.05, 3.63) is 39.3 Å². The van der Waals surface area contributed by atoms with E-state index in [0.717, 1.165) is 0 Å². The molecular formula is C14H21N3O2. The van der Waals surface area contributed by atoms with E-state index in [0.29, 0.717) is 10.9 Å². The fraction of sp³-hybridized carbons (Fsp3) is 0.500. The van der Waals surface area contributed by atoms with Crippen LogP contribution in [0.3, 0.4) is 0 Å². The third-order valence-corrected chi connectivity index (χ3v) is 2.74. The summed E-state index contributed by atoms with van der Waals surface area (Å²) in [6.45, 7) is 9.51. The summed E-state index contributed by atoms with van der Waals surface area (Å²) in [5, 5.41) is 0.511. The lowest BCUT2D eigenvalue weighted by Crippen LogP contribution is -2.47. The number of rotatable bonds is 0. The second-order valence-electron chi connectivity index (χ2n) is 5.05. The molecule has 0 atom stereocenters. The molecule has 0 N–H and O–H groups in total. The van der Waals surface area contributed by atoms with Crippen molar-refractivity contribution < 1.29 is 0 Å². The summed E-state index contributed by atoms with van der Waals surface area (Å²) in [4.78, 5) is 28.4. The molecule has 5 heteroatoms. The molecule has 2 aromatic rings. The molecule has 0 aliphatic rings. The molecule has 2 aromatic heterocycles. The van der Waals surface area contributed by atoms with Gasteiger partial charge in [0.15, 0.2) is 0 Å². The molecule has 5 nitrogen and oxygen atoms in total. The summed E-state index contributed by atoms with van der Waals surface area (Å²) < 4.78 is 2.73. The van der Waals surface area contributed by atoms with Crippen LogP contribution < -0.4 is 11.2 Å². The predicted molar refractivity (Wildman–Crippen MR) is 77.6 cm³/mol. The van der Waals surface area contributed by atoms with Crippen molar-refractivity contribution in [2.75, 3.05) is 0 Å². The zero-order chi connectivity index (χ0) is 14.8. The molecule has 2 heterocycles. The SMILES string of the molecule is CC.Cn1c(=O)n(C(C)(C)C)c(=O)c2ccncc21. The number of pyridine rings is 1. The highest BCUT2D eigenvalue weighted by Gasteiger charge is 2.21. The second-order valence-corrected chi connectivity index (χ2v) is 5.05. The third kappa shape index (κ3) is 2.59. The van der Waals surface area contributed by atoms with Crippen LogP contribution in [-0.4, -0.2) is 14.1 Å². The molecule has 0 saturated carbocycles. The number of nitrogens with zero attached hydrogens (tertiary/aromatic N) is 3. The molecule has 0 aliphatic heterocycles. The lowest BCUT2D eigenvalue weighted by atomic mass is 10.1. The number of fused-ring (bicyclic) bond motifs is 1.